The molecule has 122 valence electrons. The second-order valence-corrected chi connectivity index (χ2v) is 7.60. The molecule has 0 aliphatic heterocycles. The Kier molecular flexibility index (Phi) is 6.05. The van der Waals surface area contributed by atoms with Gasteiger partial charge in [-0.25, -0.2) is 0 Å². The first-order valence-electron chi connectivity index (χ1n) is 7.80. The average molecular weight is 297 g/mol. The predicted octanol–water partition coefficient (Wildman–Crippen LogP) is 2.46. The monoisotopic (exact) mass is 297 g/mol. The van der Waals surface area contributed by atoms with Gasteiger partial charge in [0.05, 0.1) is 0 Å². The predicted molar refractivity (Wildman–Crippen MR) is 86.4 cm³/mol. The van der Waals surface area contributed by atoms with Crippen LogP contribution in [0.4, 0.5) is 0 Å². The summed E-state index contributed by atoms with van der Waals surface area (Å²) in [5.41, 5.74) is -0.00366. The molecule has 0 aromatic carbocycles. The lowest BCUT2D eigenvalue weighted by Gasteiger charge is -2.35. The van der Waals surface area contributed by atoms with Crippen LogP contribution in [0.5, 0.6) is 0 Å². The van der Waals surface area contributed by atoms with Crippen molar-refractivity contribution in [1.82, 2.24) is 10.6 Å². The molecule has 1 aliphatic rings. The summed E-state index contributed by atoms with van der Waals surface area (Å²) < 4.78 is 5.27. The molecule has 2 N–H and O–H groups in total. The zero-order valence-corrected chi connectivity index (χ0v) is 14.4. The summed E-state index contributed by atoms with van der Waals surface area (Å²) in [6.45, 7) is 10.4. The van der Waals surface area contributed by atoms with Gasteiger partial charge in [-0.3, -0.25) is 9.79 Å². The maximum atomic E-state index is 11.7. The highest BCUT2D eigenvalue weighted by molar-refractivity contribution is 5.84. The minimum Gasteiger partial charge on any atom is -0.459 e. The van der Waals surface area contributed by atoms with Crippen molar-refractivity contribution in [2.45, 2.75) is 71.9 Å². The molecule has 0 spiro atoms. The van der Waals surface area contributed by atoms with Gasteiger partial charge in [0.2, 0.25) is 0 Å². The van der Waals surface area contributed by atoms with Gasteiger partial charge in [-0.05, 0) is 51.9 Å². The summed E-state index contributed by atoms with van der Waals surface area (Å²) in [7, 11) is 1.72. The topological polar surface area (TPSA) is 62.7 Å². The van der Waals surface area contributed by atoms with Crippen molar-refractivity contribution in [1.29, 1.82) is 0 Å². The number of aliphatic imine (C=N–C) groups is 1. The summed E-state index contributed by atoms with van der Waals surface area (Å²) >= 11 is 0. The van der Waals surface area contributed by atoms with Gasteiger partial charge < -0.3 is 15.4 Å². The van der Waals surface area contributed by atoms with Crippen molar-refractivity contribution in [3.05, 3.63) is 0 Å². The fraction of sp³-hybridized carbons (Fsp3) is 0.875. The molecule has 0 saturated heterocycles. The first-order chi connectivity index (χ1) is 9.61. The third kappa shape index (κ3) is 7.34. The molecule has 1 rings (SSSR count). The van der Waals surface area contributed by atoms with Crippen LogP contribution in [0, 0.1) is 5.41 Å². The Morgan fingerprint density at radius 3 is 2.33 bits per heavy atom. The number of hydrogen-bond donors (Lipinski definition) is 2. The highest BCUT2D eigenvalue weighted by atomic mass is 16.6. The van der Waals surface area contributed by atoms with Crippen LogP contribution in [0.3, 0.4) is 0 Å². The second-order valence-electron chi connectivity index (χ2n) is 7.60. The highest BCUT2D eigenvalue weighted by Crippen LogP contribution is 2.34. The standard InChI is InChI=1S/C16H31N3O2/c1-15(2,3)21-13(20)11-18-14(17-6)19-12-7-9-16(4,5)10-8-12/h12H,7-11H2,1-6H3,(H2,17,18,19). The van der Waals surface area contributed by atoms with Crippen molar-refractivity contribution >= 4 is 11.9 Å². The summed E-state index contributed by atoms with van der Waals surface area (Å²) in [6, 6.07) is 0.433. The Hall–Kier alpha value is -1.26. The van der Waals surface area contributed by atoms with Crippen LogP contribution in [-0.2, 0) is 9.53 Å². The van der Waals surface area contributed by atoms with Crippen LogP contribution in [0.2, 0.25) is 0 Å². The maximum Gasteiger partial charge on any atom is 0.325 e. The van der Waals surface area contributed by atoms with Crippen LogP contribution in [0.15, 0.2) is 4.99 Å². The largest absolute Gasteiger partial charge is 0.459 e. The Labute approximate surface area is 128 Å². The summed E-state index contributed by atoms with van der Waals surface area (Å²) in [5, 5.41) is 6.42. The van der Waals surface area contributed by atoms with Gasteiger partial charge in [0, 0.05) is 13.1 Å². The molecule has 0 heterocycles. The number of nitrogens with zero attached hydrogens (tertiary/aromatic N) is 1. The van der Waals surface area contributed by atoms with Gasteiger partial charge in [-0.1, -0.05) is 13.8 Å². The molecule has 0 unspecified atom stereocenters. The number of nitrogens with one attached hydrogen (secondary N) is 2. The molecule has 0 amide bonds. The smallest absolute Gasteiger partial charge is 0.325 e. The van der Waals surface area contributed by atoms with Gasteiger partial charge in [0.15, 0.2) is 5.96 Å². The molecule has 1 aliphatic carbocycles. The first kappa shape index (κ1) is 17.8. The fourth-order valence-corrected chi connectivity index (χ4v) is 2.47. The normalized spacial score (nSPS) is 20.0. The van der Waals surface area contributed by atoms with E-state index in [9.17, 15) is 4.79 Å². The third-order valence-corrected chi connectivity index (χ3v) is 3.72. The number of rotatable bonds is 3. The maximum absolute atomic E-state index is 11.7. The minimum atomic E-state index is -0.454. The molecule has 0 aromatic rings. The average Bonchev–Trinajstić information content (AvgIpc) is 2.34. The van der Waals surface area contributed by atoms with E-state index < -0.39 is 5.60 Å². The molecule has 0 aromatic heterocycles. The Morgan fingerprint density at radius 2 is 1.86 bits per heavy atom. The van der Waals surface area contributed by atoms with E-state index in [1.165, 1.54) is 12.8 Å². The zero-order valence-electron chi connectivity index (χ0n) is 14.4. The number of ether oxygens (including phenoxy) is 1. The molecule has 0 bridgehead atoms. The second kappa shape index (κ2) is 7.14. The third-order valence-electron chi connectivity index (χ3n) is 3.72. The van der Waals surface area contributed by atoms with E-state index in [0.717, 1.165) is 12.8 Å². The Balaban J connectivity index is 2.35. The minimum absolute atomic E-state index is 0.134. The van der Waals surface area contributed by atoms with E-state index in [0.29, 0.717) is 17.4 Å². The van der Waals surface area contributed by atoms with Crippen molar-refractivity contribution in [3.63, 3.8) is 0 Å². The lowest BCUT2D eigenvalue weighted by atomic mass is 9.75. The molecule has 0 atom stereocenters. The number of guanidine groups is 1. The van der Waals surface area contributed by atoms with E-state index in [2.05, 4.69) is 29.5 Å². The van der Waals surface area contributed by atoms with Crippen molar-refractivity contribution < 1.29 is 9.53 Å². The van der Waals surface area contributed by atoms with Crippen LogP contribution in [0.1, 0.15) is 60.3 Å². The van der Waals surface area contributed by atoms with E-state index in [4.69, 9.17) is 4.74 Å². The van der Waals surface area contributed by atoms with Gasteiger partial charge in [0.25, 0.3) is 0 Å². The lowest BCUT2D eigenvalue weighted by Crippen LogP contribution is -2.47. The van der Waals surface area contributed by atoms with Gasteiger partial charge >= 0.3 is 5.97 Å². The molecule has 5 heteroatoms. The number of carbonyl (C=O) groups excluding carboxylic acids is 1. The summed E-state index contributed by atoms with van der Waals surface area (Å²) in [6.07, 6.45) is 4.71. The molecular weight excluding hydrogens is 266 g/mol. The fourth-order valence-electron chi connectivity index (χ4n) is 2.47. The highest BCUT2D eigenvalue weighted by Gasteiger charge is 2.27. The van der Waals surface area contributed by atoms with E-state index in [-0.39, 0.29) is 12.5 Å². The van der Waals surface area contributed by atoms with Crippen LogP contribution < -0.4 is 10.6 Å². The first-order valence-corrected chi connectivity index (χ1v) is 7.80. The van der Waals surface area contributed by atoms with E-state index in [1.54, 1.807) is 7.05 Å². The quantitative estimate of drug-likeness (QED) is 0.477. The van der Waals surface area contributed by atoms with Gasteiger partial charge in [-0.15, -0.1) is 0 Å². The number of carbonyl (C=O) groups is 1. The molecule has 1 saturated carbocycles. The van der Waals surface area contributed by atoms with Crippen molar-refractivity contribution in [2.24, 2.45) is 10.4 Å². The van der Waals surface area contributed by atoms with Gasteiger partial charge in [-0.2, -0.15) is 0 Å². The summed E-state index contributed by atoms with van der Waals surface area (Å²) in [5.74, 6) is 0.404. The van der Waals surface area contributed by atoms with Crippen LogP contribution in [0.25, 0.3) is 0 Å². The lowest BCUT2D eigenvalue weighted by molar-refractivity contribution is -0.153. The van der Waals surface area contributed by atoms with E-state index in [1.807, 2.05) is 20.8 Å². The van der Waals surface area contributed by atoms with Crippen LogP contribution >= 0.6 is 0 Å². The van der Waals surface area contributed by atoms with Crippen molar-refractivity contribution in [2.75, 3.05) is 13.6 Å². The molecule has 21 heavy (non-hydrogen) atoms. The molecule has 1 fully saturated rings. The number of hydrogen-bond acceptors (Lipinski definition) is 3. The Bertz CT molecular complexity index is 373. The SMILES string of the molecule is CN=C(NCC(=O)OC(C)(C)C)NC1CCC(C)(C)CC1. The molecule has 0 radical (unpaired) electrons. The van der Waals surface area contributed by atoms with Crippen LogP contribution in [-0.4, -0.2) is 37.2 Å². The summed E-state index contributed by atoms with van der Waals surface area (Å²) in [4.78, 5) is 15.9. The zero-order chi connectivity index (χ0) is 16.1. The van der Waals surface area contributed by atoms with Gasteiger partial charge in [0.1, 0.15) is 12.1 Å². The Morgan fingerprint density at radius 1 is 1.29 bits per heavy atom. The number of esters is 1. The molecule has 5 nitrogen and oxygen atoms in total. The van der Waals surface area contributed by atoms with Crippen molar-refractivity contribution in [3.8, 4) is 0 Å². The molecular formula is C16H31N3O2. The van der Waals surface area contributed by atoms with E-state index >= 15 is 0 Å².